The summed E-state index contributed by atoms with van der Waals surface area (Å²) in [4.78, 5) is 12.7. The Kier molecular flexibility index (Phi) is 5.90. The Hall–Kier alpha value is -2.59. The summed E-state index contributed by atoms with van der Waals surface area (Å²) in [5.41, 5.74) is 6.87. The van der Waals surface area contributed by atoms with Gasteiger partial charge in [0.25, 0.3) is 11.7 Å². The van der Waals surface area contributed by atoms with Gasteiger partial charge in [0, 0.05) is 11.3 Å². The third-order valence-electron chi connectivity index (χ3n) is 5.53. The van der Waals surface area contributed by atoms with Crippen molar-refractivity contribution in [2.75, 3.05) is 5.32 Å². The number of imidazole rings is 1. The number of nitrogens with one attached hydrogen (secondary N) is 1. The van der Waals surface area contributed by atoms with Gasteiger partial charge in [0.2, 0.25) is 0 Å². The van der Waals surface area contributed by atoms with E-state index in [0.29, 0.717) is 6.54 Å². The van der Waals surface area contributed by atoms with Gasteiger partial charge in [-0.3, -0.25) is 4.79 Å². The molecule has 1 amide bonds. The number of aryl methyl sites for hydroxylation is 2. The first-order chi connectivity index (χ1) is 13.0. The molecule has 4 rings (SSSR count). The highest BCUT2D eigenvalue weighted by Gasteiger charge is 2.29. The summed E-state index contributed by atoms with van der Waals surface area (Å²) in [6.45, 7) is 7.57. The average Bonchev–Trinajstić information content (AvgIpc) is 3.24. The summed E-state index contributed by atoms with van der Waals surface area (Å²) in [5.74, 6) is 1.26. The minimum Gasteiger partial charge on any atom is -1.00 e. The second kappa shape index (κ2) is 8.19. The standard InChI is InChI=1S/C23H25N3O.ClH/c1-16-9-11-19(12-10-16)21-14-25(23-8-5-13-26(21)23)15-22(27)24-20-7-4-6-17(2)18(20)3;/h4,6-7,9-12,14H,5,8,13,15H2,1-3H3;1H. The Balaban J connectivity index is 0.00000225. The molecule has 1 N–H and O–H groups in total. The van der Waals surface area contributed by atoms with E-state index < -0.39 is 0 Å². The van der Waals surface area contributed by atoms with E-state index in [9.17, 15) is 4.79 Å². The Morgan fingerprint density at radius 1 is 1.11 bits per heavy atom. The highest BCUT2D eigenvalue weighted by molar-refractivity contribution is 5.90. The first kappa shape index (κ1) is 20.2. The van der Waals surface area contributed by atoms with Crippen molar-refractivity contribution in [3.8, 4) is 11.3 Å². The van der Waals surface area contributed by atoms with Crippen LogP contribution in [-0.4, -0.2) is 10.5 Å². The maximum Gasteiger partial charge on any atom is 0.266 e. The van der Waals surface area contributed by atoms with Crippen LogP contribution in [0.5, 0.6) is 0 Å². The van der Waals surface area contributed by atoms with Crippen molar-refractivity contribution in [3.63, 3.8) is 0 Å². The van der Waals surface area contributed by atoms with Gasteiger partial charge in [-0.1, -0.05) is 42.0 Å². The van der Waals surface area contributed by atoms with Crippen molar-refractivity contribution in [3.05, 3.63) is 71.2 Å². The number of nitrogens with zero attached hydrogens (tertiary/aromatic N) is 2. The zero-order chi connectivity index (χ0) is 19.0. The van der Waals surface area contributed by atoms with Crippen LogP contribution in [0, 0.1) is 20.8 Å². The number of aromatic nitrogens is 2. The fourth-order valence-electron chi connectivity index (χ4n) is 3.83. The first-order valence-electron chi connectivity index (χ1n) is 9.58. The van der Waals surface area contributed by atoms with Gasteiger partial charge >= 0.3 is 0 Å². The van der Waals surface area contributed by atoms with Gasteiger partial charge in [0.05, 0.1) is 13.0 Å². The van der Waals surface area contributed by atoms with E-state index in [1.165, 1.54) is 28.2 Å². The minimum atomic E-state index is 0. The summed E-state index contributed by atoms with van der Waals surface area (Å²) in [6.07, 6.45) is 4.28. The fourth-order valence-corrected chi connectivity index (χ4v) is 3.83. The molecule has 1 aromatic heterocycles. The lowest BCUT2D eigenvalue weighted by Gasteiger charge is -2.09. The Morgan fingerprint density at radius 2 is 1.86 bits per heavy atom. The number of hydrogen-bond donors (Lipinski definition) is 1. The minimum absolute atomic E-state index is 0. The van der Waals surface area contributed by atoms with Crippen molar-refractivity contribution in [2.24, 2.45) is 0 Å². The second-order valence-corrected chi connectivity index (χ2v) is 7.48. The number of amides is 1. The zero-order valence-electron chi connectivity index (χ0n) is 16.6. The normalized spacial score (nSPS) is 12.4. The topological polar surface area (TPSA) is 37.9 Å². The quantitative estimate of drug-likeness (QED) is 0.656. The summed E-state index contributed by atoms with van der Waals surface area (Å²) in [6, 6.07) is 14.6. The third kappa shape index (κ3) is 3.83. The number of benzene rings is 2. The molecule has 5 heteroatoms. The van der Waals surface area contributed by atoms with Crippen molar-refractivity contribution >= 4 is 11.6 Å². The van der Waals surface area contributed by atoms with Gasteiger partial charge in [-0.05, 0) is 44.4 Å². The van der Waals surface area contributed by atoms with Gasteiger partial charge < -0.3 is 17.7 Å². The number of hydrogen-bond acceptors (Lipinski definition) is 1. The van der Waals surface area contributed by atoms with Crippen LogP contribution in [0.15, 0.2) is 48.7 Å². The molecule has 0 radical (unpaired) electrons. The molecule has 146 valence electrons. The Morgan fingerprint density at radius 3 is 2.61 bits per heavy atom. The Labute approximate surface area is 172 Å². The SMILES string of the molecule is Cc1ccc(-c2c[n+](CC(=O)Nc3cccc(C)c3C)c3n2CCC3)cc1.[Cl-]. The average molecular weight is 396 g/mol. The van der Waals surface area contributed by atoms with Crippen LogP contribution in [0.1, 0.15) is 28.9 Å². The number of carbonyl (C=O) groups excluding carboxylic acids is 1. The number of fused-ring (bicyclic) bond motifs is 1. The van der Waals surface area contributed by atoms with Crippen LogP contribution in [0.3, 0.4) is 0 Å². The molecule has 0 atom stereocenters. The summed E-state index contributed by atoms with van der Waals surface area (Å²) in [5, 5.41) is 3.08. The van der Waals surface area contributed by atoms with Crippen molar-refractivity contribution in [1.29, 1.82) is 0 Å². The van der Waals surface area contributed by atoms with Gasteiger partial charge in [-0.15, -0.1) is 0 Å². The summed E-state index contributed by atoms with van der Waals surface area (Å²) < 4.78 is 4.47. The predicted molar refractivity (Wildman–Crippen MR) is 108 cm³/mol. The fraction of sp³-hybridized carbons (Fsp3) is 0.304. The largest absolute Gasteiger partial charge is 1.00 e. The van der Waals surface area contributed by atoms with Gasteiger partial charge in [-0.2, -0.15) is 0 Å². The maximum atomic E-state index is 12.7. The van der Waals surface area contributed by atoms with Crippen LogP contribution in [0.2, 0.25) is 0 Å². The van der Waals surface area contributed by atoms with E-state index in [1.807, 2.05) is 19.1 Å². The molecule has 0 aliphatic carbocycles. The van der Waals surface area contributed by atoms with E-state index >= 15 is 0 Å². The lowest BCUT2D eigenvalue weighted by atomic mass is 10.1. The highest BCUT2D eigenvalue weighted by atomic mass is 35.5. The van der Waals surface area contributed by atoms with E-state index in [4.69, 9.17) is 0 Å². The van der Waals surface area contributed by atoms with E-state index in [2.05, 4.69) is 64.8 Å². The molecule has 0 bridgehead atoms. The number of halogens is 1. The van der Waals surface area contributed by atoms with E-state index in [0.717, 1.165) is 30.6 Å². The van der Waals surface area contributed by atoms with Crippen LogP contribution in [0.25, 0.3) is 11.3 Å². The number of anilines is 1. The first-order valence-corrected chi connectivity index (χ1v) is 9.58. The molecule has 2 heterocycles. The molecule has 2 aromatic carbocycles. The van der Waals surface area contributed by atoms with Crippen LogP contribution >= 0.6 is 0 Å². The molecule has 0 saturated carbocycles. The molecule has 0 spiro atoms. The molecule has 0 unspecified atom stereocenters. The highest BCUT2D eigenvalue weighted by Crippen LogP contribution is 2.25. The molecular weight excluding hydrogens is 370 g/mol. The Bertz CT molecular complexity index is 1010. The maximum absolute atomic E-state index is 12.7. The summed E-state index contributed by atoms with van der Waals surface area (Å²) >= 11 is 0. The molecule has 1 aliphatic rings. The molecule has 1 aliphatic heterocycles. The van der Waals surface area contributed by atoms with E-state index in [1.54, 1.807) is 0 Å². The van der Waals surface area contributed by atoms with Crippen molar-refractivity contribution < 1.29 is 21.8 Å². The van der Waals surface area contributed by atoms with Gasteiger partial charge in [0.1, 0.15) is 6.20 Å². The predicted octanol–water partition coefficient (Wildman–Crippen LogP) is 0.957. The van der Waals surface area contributed by atoms with Crippen molar-refractivity contribution in [2.45, 2.75) is 46.7 Å². The lowest BCUT2D eigenvalue weighted by Crippen LogP contribution is -3.00. The van der Waals surface area contributed by atoms with Gasteiger partial charge in [-0.25, -0.2) is 9.13 Å². The monoisotopic (exact) mass is 395 g/mol. The molecular formula is C23H26ClN3O. The number of rotatable bonds is 4. The molecule has 0 saturated heterocycles. The third-order valence-corrected chi connectivity index (χ3v) is 5.53. The number of carbonyl (C=O) groups is 1. The van der Waals surface area contributed by atoms with Crippen LogP contribution < -0.4 is 22.3 Å². The van der Waals surface area contributed by atoms with E-state index in [-0.39, 0.29) is 18.3 Å². The van der Waals surface area contributed by atoms with Crippen LogP contribution in [-0.2, 0) is 24.3 Å². The zero-order valence-corrected chi connectivity index (χ0v) is 17.4. The molecule has 28 heavy (non-hydrogen) atoms. The molecule has 3 aromatic rings. The van der Waals surface area contributed by atoms with Crippen LogP contribution in [0.4, 0.5) is 5.69 Å². The lowest BCUT2D eigenvalue weighted by molar-refractivity contribution is -0.690. The van der Waals surface area contributed by atoms with Crippen molar-refractivity contribution in [1.82, 2.24) is 4.57 Å². The molecule has 4 nitrogen and oxygen atoms in total. The second-order valence-electron chi connectivity index (χ2n) is 7.48. The van der Waals surface area contributed by atoms with Gasteiger partial charge in [0.15, 0.2) is 12.2 Å². The smallest absolute Gasteiger partial charge is 0.266 e. The summed E-state index contributed by atoms with van der Waals surface area (Å²) in [7, 11) is 0. The molecule has 0 fully saturated rings.